The molecule has 3 amide bonds. The predicted octanol–water partition coefficient (Wildman–Crippen LogP) is 8.18. The third kappa shape index (κ3) is 7.40. The number of rotatable bonds is 9. The zero-order chi connectivity index (χ0) is 40.0. The van der Waals surface area contributed by atoms with Gasteiger partial charge in [-0.25, -0.2) is 14.8 Å². The van der Waals surface area contributed by atoms with Crippen LogP contribution in [0.1, 0.15) is 90.5 Å². The van der Waals surface area contributed by atoms with Gasteiger partial charge in [-0.2, -0.15) is 0 Å². The number of likely N-dealkylation sites (tertiary alicyclic amines) is 2. The third-order valence-electron chi connectivity index (χ3n) is 12.9. The van der Waals surface area contributed by atoms with Crippen LogP contribution in [0, 0.1) is 23.2 Å². The van der Waals surface area contributed by atoms with Gasteiger partial charge in [-0.15, -0.1) is 0 Å². The number of alkyl carbamates (subject to hydrolysis) is 1. The summed E-state index contributed by atoms with van der Waals surface area (Å²) in [5.74, 6) is 1.81. The number of ether oxygens (including phenoxy) is 2. The van der Waals surface area contributed by atoms with Gasteiger partial charge in [-0.1, -0.05) is 77.1 Å². The molecule has 0 bridgehead atoms. The van der Waals surface area contributed by atoms with E-state index in [1.54, 1.807) is 0 Å². The first kappa shape index (κ1) is 38.6. The van der Waals surface area contributed by atoms with Crippen molar-refractivity contribution in [3.63, 3.8) is 0 Å². The predicted molar refractivity (Wildman–Crippen MR) is 220 cm³/mol. The summed E-state index contributed by atoms with van der Waals surface area (Å²) in [7, 11) is 1.30. The number of methoxy groups -OCH3 is 1. The van der Waals surface area contributed by atoms with E-state index >= 15 is 0 Å². The molecule has 0 unspecified atom stereocenters. The van der Waals surface area contributed by atoms with Crippen LogP contribution in [-0.4, -0.2) is 87.1 Å². The number of nitrogens with zero attached hydrogens (tertiary/aromatic N) is 4. The fourth-order valence-corrected chi connectivity index (χ4v) is 9.10. The van der Waals surface area contributed by atoms with Crippen LogP contribution in [0.5, 0.6) is 0 Å². The molecule has 57 heavy (non-hydrogen) atoms. The second-order valence-electron chi connectivity index (χ2n) is 17.2. The van der Waals surface area contributed by atoms with Crippen LogP contribution >= 0.6 is 0 Å². The molecular weight excluding hydrogens is 719 g/mol. The van der Waals surface area contributed by atoms with Crippen molar-refractivity contribution in [1.29, 1.82) is 0 Å². The number of nitrogens with one attached hydrogen (secondary N) is 3. The first-order chi connectivity index (χ1) is 27.4. The molecule has 0 radical (unpaired) electrons. The summed E-state index contributed by atoms with van der Waals surface area (Å²) in [6, 6.07) is 18.2. The largest absolute Gasteiger partial charge is 0.453 e. The average Bonchev–Trinajstić information content (AvgIpc) is 4.05. The maximum absolute atomic E-state index is 13.8. The second-order valence-corrected chi connectivity index (χ2v) is 17.2. The number of hydrogen-bond acceptors (Lipinski definition) is 7. The van der Waals surface area contributed by atoms with Crippen LogP contribution in [0.4, 0.5) is 4.79 Å². The molecule has 12 heteroatoms. The van der Waals surface area contributed by atoms with E-state index in [1.807, 2.05) is 37.9 Å². The standard InChI is InChI=1S/C45H55N7O5/c1-26(2)28(5)42(53)52-25-45(17-20-57-21-18-45)23-37(52)40-46-24-35(48-40)30-11-9-29(10-12-30)31-13-15-33-32(22-31)14-16-34-39(33)49-41(47-34)36-8-7-19-51(36)43(54)38(27(3)4)50-44(55)56-6/h9-16,22,24,26-28,36-38H,7-8,17-21,23,25H2,1-6H3,(H,46,48)(H,47,49)(H,50,55)/t28-,36-,37-,38-/m0/s1. The summed E-state index contributed by atoms with van der Waals surface area (Å²) in [6.07, 6.45) is 5.78. The fourth-order valence-electron chi connectivity index (χ4n) is 9.10. The minimum atomic E-state index is -0.684. The molecular formula is C45H55N7O5. The highest BCUT2D eigenvalue weighted by atomic mass is 16.5. The summed E-state index contributed by atoms with van der Waals surface area (Å²) in [5.41, 5.74) is 6.05. The van der Waals surface area contributed by atoms with E-state index in [1.165, 1.54) is 7.11 Å². The van der Waals surface area contributed by atoms with E-state index in [0.29, 0.717) is 6.54 Å². The molecule has 300 valence electrons. The highest BCUT2D eigenvalue weighted by Crippen LogP contribution is 2.49. The van der Waals surface area contributed by atoms with Gasteiger partial charge in [0, 0.05) is 37.6 Å². The van der Waals surface area contributed by atoms with Gasteiger partial charge in [0.25, 0.3) is 0 Å². The lowest BCUT2D eigenvalue weighted by molar-refractivity contribution is -0.138. The Morgan fingerprint density at radius 1 is 0.860 bits per heavy atom. The van der Waals surface area contributed by atoms with E-state index in [4.69, 9.17) is 19.4 Å². The Hall–Kier alpha value is -5.23. The van der Waals surface area contributed by atoms with E-state index in [-0.39, 0.29) is 47.1 Å². The molecule has 4 atom stereocenters. The molecule has 2 aromatic heterocycles. The van der Waals surface area contributed by atoms with Gasteiger partial charge in [-0.05, 0) is 83.6 Å². The lowest BCUT2D eigenvalue weighted by atomic mass is 9.78. The van der Waals surface area contributed by atoms with Crippen molar-refractivity contribution in [3.8, 4) is 22.4 Å². The van der Waals surface area contributed by atoms with Crippen molar-refractivity contribution in [1.82, 2.24) is 35.1 Å². The normalized spacial score (nSPS) is 20.6. The summed E-state index contributed by atoms with van der Waals surface area (Å²) < 4.78 is 10.5. The highest BCUT2D eigenvalue weighted by molar-refractivity contribution is 6.05. The molecule has 3 aliphatic heterocycles. The van der Waals surface area contributed by atoms with Crippen molar-refractivity contribution in [2.24, 2.45) is 23.2 Å². The van der Waals surface area contributed by atoms with Crippen molar-refractivity contribution in [2.45, 2.75) is 84.8 Å². The first-order valence-corrected chi connectivity index (χ1v) is 20.6. The van der Waals surface area contributed by atoms with Crippen LogP contribution in [0.3, 0.4) is 0 Å². The summed E-state index contributed by atoms with van der Waals surface area (Å²) >= 11 is 0. The molecule has 3 aromatic carbocycles. The number of hydrogen-bond donors (Lipinski definition) is 3. The molecule has 1 spiro atoms. The SMILES string of the molecule is COC(=O)N[C@H](C(=O)N1CCC[C@H]1c1nc2ccc3cc(-c4ccc(-c5cnc([C@@H]6CC7(CCOCC7)CN6C(=O)[C@@H](C)C(C)C)[nH]5)cc4)ccc3c2[nH]1)C(C)C. The van der Waals surface area contributed by atoms with Crippen LogP contribution < -0.4 is 5.32 Å². The maximum atomic E-state index is 13.8. The summed E-state index contributed by atoms with van der Waals surface area (Å²) in [4.78, 5) is 60.5. The summed E-state index contributed by atoms with van der Waals surface area (Å²) in [6.45, 7) is 13.0. The Bertz CT molecular complexity index is 2270. The zero-order valence-corrected chi connectivity index (χ0v) is 33.9. The van der Waals surface area contributed by atoms with Crippen molar-refractivity contribution < 1.29 is 23.9 Å². The summed E-state index contributed by atoms with van der Waals surface area (Å²) in [5, 5.41) is 4.87. The fraction of sp³-hybridized carbons (Fsp3) is 0.489. The molecule has 5 heterocycles. The quantitative estimate of drug-likeness (QED) is 0.137. The molecule has 8 rings (SSSR count). The Kier molecular flexibility index (Phi) is 10.6. The number of aromatic nitrogens is 4. The molecule has 3 fully saturated rings. The van der Waals surface area contributed by atoms with E-state index in [9.17, 15) is 14.4 Å². The minimum absolute atomic E-state index is 0.0513. The lowest BCUT2D eigenvalue weighted by Gasteiger charge is -2.33. The Morgan fingerprint density at radius 3 is 2.32 bits per heavy atom. The number of aromatic amines is 2. The van der Waals surface area contributed by atoms with Crippen LogP contribution in [0.15, 0.2) is 60.8 Å². The Balaban J connectivity index is 1.00. The van der Waals surface area contributed by atoms with E-state index < -0.39 is 12.1 Å². The maximum Gasteiger partial charge on any atom is 0.407 e. The number of carbonyl (C=O) groups excluding carboxylic acids is 3. The molecule has 3 aliphatic rings. The minimum Gasteiger partial charge on any atom is -0.453 e. The molecule has 0 aliphatic carbocycles. The number of imidazole rings is 2. The molecule has 0 saturated carbocycles. The van der Waals surface area contributed by atoms with E-state index in [2.05, 4.69) is 82.6 Å². The molecule has 5 aromatic rings. The van der Waals surface area contributed by atoms with Crippen molar-refractivity contribution in [3.05, 3.63) is 72.4 Å². The van der Waals surface area contributed by atoms with Crippen LogP contribution in [0.2, 0.25) is 0 Å². The second kappa shape index (κ2) is 15.6. The zero-order valence-electron chi connectivity index (χ0n) is 33.9. The Labute approximate surface area is 334 Å². The molecule has 12 nitrogen and oxygen atoms in total. The van der Waals surface area contributed by atoms with Crippen molar-refractivity contribution >= 4 is 39.7 Å². The average molecular weight is 774 g/mol. The van der Waals surface area contributed by atoms with Gasteiger partial charge in [0.1, 0.15) is 17.7 Å². The highest BCUT2D eigenvalue weighted by Gasteiger charge is 2.49. The van der Waals surface area contributed by atoms with E-state index in [0.717, 1.165) is 108 Å². The topological polar surface area (TPSA) is 146 Å². The van der Waals surface area contributed by atoms with Gasteiger partial charge in [0.05, 0.1) is 42.1 Å². The van der Waals surface area contributed by atoms with Crippen LogP contribution in [-0.2, 0) is 19.1 Å². The number of carbonyl (C=O) groups is 3. The van der Waals surface area contributed by atoms with Gasteiger partial charge < -0.3 is 34.6 Å². The van der Waals surface area contributed by atoms with Gasteiger partial charge in [0.2, 0.25) is 11.8 Å². The Morgan fingerprint density at radius 2 is 1.60 bits per heavy atom. The van der Waals surface area contributed by atoms with Crippen molar-refractivity contribution in [2.75, 3.05) is 33.4 Å². The number of amides is 3. The van der Waals surface area contributed by atoms with Gasteiger partial charge in [0.15, 0.2) is 0 Å². The first-order valence-electron chi connectivity index (χ1n) is 20.6. The van der Waals surface area contributed by atoms with Gasteiger partial charge in [-0.3, -0.25) is 9.59 Å². The smallest absolute Gasteiger partial charge is 0.407 e. The molecule has 3 saturated heterocycles. The van der Waals surface area contributed by atoms with Crippen LogP contribution in [0.25, 0.3) is 44.2 Å². The monoisotopic (exact) mass is 773 g/mol. The lowest BCUT2D eigenvalue weighted by Crippen LogP contribution is -2.51. The molecule has 3 N–H and O–H groups in total. The van der Waals surface area contributed by atoms with Gasteiger partial charge >= 0.3 is 6.09 Å². The number of benzene rings is 3. The number of fused-ring (bicyclic) bond motifs is 3. The third-order valence-corrected chi connectivity index (χ3v) is 12.9. The number of H-pyrrole nitrogens is 2.